The zero-order chi connectivity index (χ0) is 11.8. The molecule has 0 aliphatic carbocycles. The number of rotatable bonds is 1. The molecular weight excluding hydrogens is 243 g/mol. The van der Waals surface area contributed by atoms with Crippen molar-refractivity contribution >= 4 is 29.5 Å². The summed E-state index contributed by atoms with van der Waals surface area (Å²) in [7, 11) is 0. The Labute approximate surface area is 105 Å². The monoisotopic (exact) mass is 252 g/mol. The molecule has 0 saturated heterocycles. The second kappa shape index (κ2) is 7.04. The average Bonchev–Trinajstić information content (AvgIpc) is 2.35. The van der Waals surface area contributed by atoms with Gasteiger partial charge in [-0.15, -0.1) is 0 Å². The fourth-order valence-corrected chi connectivity index (χ4v) is 1.24. The molecule has 0 atom stereocenters. The quantitative estimate of drug-likeness (QED) is 0.684. The molecule has 0 aromatic heterocycles. The molecule has 1 nitrogen and oxygen atoms in total. The molecule has 2 aromatic rings. The van der Waals surface area contributed by atoms with Gasteiger partial charge in [-0.2, -0.15) is 0 Å². The van der Waals surface area contributed by atoms with Crippen LogP contribution in [0.4, 0.5) is 0 Å². The summed E-state index contributed by atoms with van der Waals surface area (Å²) in [5.74, 6) is 0. The average molecular weight is 253 g/mol. The molecule has 2 aromatic carbocycles. The van der Waals surface area contributed by atoms with Crippen molar-refractivity contribution < 1.29 is 4.79 Å². The summed E-state index contributed by atoms with van der Waals surface area (Å²) in [5, 5.41) is 1.21. The first kappa shape index (κ1) is 12.8. The first-order valence-corrected chi connectivity index (χ1v) is 5.40. The van der Waals surface area contributed by atoms with Gasteiger partial charge in [-0.25, -0.2) is 0 Å². The summed E-state index contributed by atoms with van der Waals surface area (Å²) >= 11 is 11.2. The summed E-state index contributed by atoms with van der Waals surface area (Å²) < 4.78 is 0. The standard InChI is InChI=1S/C7H6O.C6H4Cl2/c8-6-7-4-2-1-3-5-7;7-5-3-1-2-4-6(5)8/h1-6H;1-4H. The van der Waals surface area contributed by atoms with Crippen molar-refractivity contribution in [1.29, 1.82) is 0 Å². The van der Waals surface area contributed by atoms with Crippen LogP contribution >= 0.6 is 23.2 Å². The molecule has 0 aliphatic heterocycles. The second-order valence-corrected chi connectivity index (χ2v) is 3.76. The van der Waals surface area contributed by atoms with Gasteiger partial charge < -0.3 is 0 Å². The maximum absolute atomic E-state index is 10.0. The van der Waals surface area contributed by atoms with Crippen molar-refractivity contribution in [1.82, 2.24) is 0 Å². The minimum absolute atomic E-state index is 0.606. The van der Waals surface area contributed by atoms with E-state index in [4.69, 9.17) is 23.2 Å². The Balaban J connectivity index is 0.000000160. The number of hydrogen-bond donors (Lipinski definition) is 0. The van der Waals surface area contributed by atoms with Crippen LogP contribution in [0.5, 0.6) is 0 Å². The minimum atomic E-state index is 0.606. The summed E-state index contributed by atoms with van der Waals surface area (Å²) in [5.41, 5.74) is 0.729. The van der Waals surface area contributed by atoms with Crippen LogP contribution in [0.25, 0.3) is 0 Å². The molecule has 0 amide bonds. The van der Waals surface area contributed by atoms with Gasteiger partial charge in [0.25, 0.3) is 0 Å². The van der Waals surface area contributed by atoms with Crippen LogP contribution in [0.2, 0.25) is 10.0 Å². The highest BCUT2D eigenvalue weighted by molar-refractivity contribution is 6.41. The Kier molecular flexibility index (Phi) is 5.62. The number of benzene rings is 2. The molecule has 16 heavy (non-hydrogen) atoms. The first-order valence-electron chi connectivity index (χ1n) is 4.64. The van der Waals surface area contributed by atoms with E-state index in [0.717, 1.165) is 11.8 Å². The predicted octanol–water partition coefficient (Wildman–Crippen LogP) is 4.49. The summed E-state index contributed by atoms with van der Waals surface area (Å²) in [6, 6.07) is 16.3. The number of halogens is 2. The Morgan fingerprint density at radius 2 is 1.19 bits per heavy atom. The lowest BCUT2D eigenvalue weighted by atomic mass is 10.2. The second-order valence-electron chi connectivity index (χ2n) is 2.94. The van der Waals surface area contributed by atoms with Gasteiger partial charge in [0.2, 0.25) is 0 Å². The van der Waals surface area contributed by atoms with E-state index in [1.54, 1.807) is 24.3 Å². The minimum Gasteiger partial charge on any atom is -0.298 e. The van der Waals surface area contributed by atoms with E-state index in [1.807, 2.05) is 30.3 Å². The van der Waals surface area contributed by atoms with E-state index in [1.165, 1.54) is 0 Å². The van der Waals surface area contributed by atoms with E-state index in [-0.39, 0.29) is 0 Å². The van der Waals surface area contributed by atoms with Crippen molar-refractivity contribution in [2.75, 3.05) is 0 Å². The zero-order valence-corrected chi connectivity index (χ0v) is 9.95. The van der Waals surface area contributed by atoms with Gasteiger partial charge >= 0.3 is 0 Å². The molecule has 0 unspecified atom stereocenters. The zero-order valence-electron chi connectivity index (χ0n) is 8.44. The van der Waals surface area contributed by atoms with Gasteiger partial charge in [-0.3, -0.25) is 4.79 Å². The van der Waals surface area contributed by atoms with E-state index >= 15 is 0 Å². The third-order valence-electron chi connectivity index (χ3n) is 1.76. The number of aldehydes is 1. The Morgan fingerprint density at radius 1 is 0.750 bits per heavy atom. The Hall–Kier alpha value is -1.31. The van der Waals surface area contributed by atoms with E-state index in [2.05, 4.69) is 0 Å². The molecule has 0 saturated carbocycles. The first-order chi connectivity index (χ1) is 7.74. The lowest BCUT2D eigenvalue weighted by Crippen LogP contribution is -1.73. The van der Waals surface area contributed by atoms with Crippen molar-refractivity contribution in [2.24, 2.45) is 0 Å². The van der Waals surface area contributed by atoms with E-state index in [0.29, 0.717) is 10.0 Å². The highest BCUT2D eigenvalue weighted by Gasteiger charge is 1.89. The molecule has 0 heterocycles. The molecule has 0 bridgehead atoms. The maximum Gasteiger partial charge on any atom is 0.150 e. The van der Waals surface area contributed by atoms with Crippen molar-refractivity contribution in [3.63, 3.8) is 0 Å². The molecule has 0 fully saturated rings. The van der Waals surface area contributed by atoms with Crippen LogP contribution in [0.3, 0.4) is 0 Å². The fourth-order valence-electron chi connectivity index (χ4n) is 0.971. The predicted molar refractivity (Wildman–Crippen MR) is 68.3 cm³/mol. The molecule has 0 aliphatic rings. The normalized spacial score (nSPS) is 8.88. The van der Waals surface area contributed by atoms with Gasteiger partial charge in [-0.05, 0) is 12.1 Å². The Morgan fingerprint density at radius 3 is 1.50 bits per heavy atom. The van der Waals surface area contributed by atoms with Crippen LogP contribution in [0.15, 0.2) is 54.6 Å². The molecular formula is C13H10Cl2O. The number of hydrogen-bond acceptors (Lipinski definition) is 1. The summed E-state index contributed by atoms with van der Waals surface area (Å²) in [4.78, 5) is 10.0. The number of carbonyl (C=O) groups is 1. The highest BCUT2D eigenvalue weighted by atomic mass is 35.5. The fraction of sp³-hybridized carbons (Fsp3) is 0. The van der Waals surface area contributed by atoms with Gasteiger partial charge in [0, 0.05) is 5.56 Å². The third kappa shape index (κ3) is 4.47. The largest absolute Gasteiger partial charge is 0.298 e. The summed E-state index contributed by atoms with van der Waals surface area (Å²) in [6.07, 6.45) is 0.833. The van der Waals surface area contributed by atoms with Crippen molar-refractivity contribution in [3.8, 4) is 0 Å². The van der Waals surface area contributed by atoms with E-state index in [9.17, 15) is 4.79 Å². The lowest BCUT2D eigenvalue weighted by Gasteiger charge is -1.88. The molecule has 0 radical (unpaired) electrons. The summed E-state index contributed by atoms with van der Waals surface area (Å²) in [6.45, 7) is 0. The third-order valence-corrected chi connectivity index (χ3v) is 2.52. The van der Waals surface area contributed by atoms with Gasteiger partial charge in [0.1, 0.15) is 6.29 Å². The number of carbonyl (C=O) groups excluding carboxylic acids is 1. The lowest BCUT2D eigenvalue weighted by molar-refractivity contribution is 0.112. The van der Waals surface area contributed by atoms with Gasteiger partial charge in [0.05, 0.1) is 10.0 Å². The van der Waals surface area contributed by atoms with Crippen LogP contribution in [-0.2, 0) is 0 Å². The van der Waals surface area contributed by atoms with Gasteiger partial charge in [-0.1, -0.05) is 65.7 Å². The van der Waals surface area contributed by atoms with Crippen LogP contribution < -0.4 is 0 Å². The molecule has 0 N–H and O–H groups in total. The topological polar surface area (TPSA) is 17.1 Å². The maximum atomic E-state index is 10.0. The SMILES string of the molecule is Clc1ccccc1Cl.O=Cc1ccccc1. The Bertz CT molecular complexity index is 420. The molecule has 3 heteroatoms. The molecule has 2 rings (SSSR count). The van der Waals surface area contributed by atoms with Gasteiger partial charge in [0.15, 0.2) is 0 Å². The smallest absolute Gasteiger partial charge is 0.150 e. The molecule has 82 valence electrons. The van der Waals surface area contributed by atoms with Crippen LogP contribution in [-0.4, -0.2) is 6.29 Å². The van der Waals surface area contributed by atoms with Crippen LogP contribution in [0.1, 0.15) is 10.4 Å². The van der Waals surface area contributed by atoms with Crippen LogP contribution in [0, 0.1) is 0 Å². The van der Waals surface area contributed by atoms with E-state index < -0.39 is 0 Å². The van der Waals surface area contributed by atoms with Crippen molar-refractivity contribution in [2.45, 2.75) is 0 Å². The molecule has 0 spiro atoms. The highest BCUT2D eigenvalue weighted by Crippen LogP contribution is 2.19. The van der Waals surface area contributed by atoms with Crippen molar-refractivity contribution in [3.05, 3.63) is 70.2 Å².